The second-order valence-electron chi connectivity index (χ2n) is 7.53. The Hall–Kier alpha value is -3.51. The number of carbonyl (C=O) groups excluding carboxylic acids is 1. The van der Waals surface area contributed by atoms with E-state index in [1.807, 2.05) is 66.7 Å². The Bertz CT molecular complexity index is 1070. The normalized spacial score (nSPS) is 10.4. The van der Waals surface area contributed by atoms with Crippen LogP contribution < -0.4 is 10.2 Å². The molecular weight excluding hydrogens is 432 g/mol. The predicted octanol–water partition coefficient (Wildman–Crippen LogP) is 5.80. The van der Waals surface area contributed by atoms with Gasteiger partial charge in [-0.2, -0.15) is 0 Å². The van der Waals surface area contributed by atoms with Crippen LogP contribution in [0.25, 0.3) is 0 Å². The number of nitrogens with one attached hydrogen (secondary N) is 1. The summed E-state index contributed by atoms with van der Waals surface area (Å²) in [5.74, 6) is -0.842. The van der Waals surface area contributed by atoms with Crippen LogP contribution in [0.1, 0.15) is 17.5 Å². The van der Waals surface area contributed by atoms with Crippen molar-refractivity contribution in [1.29, 1.82) is 0 Å². The van der Waals surface area contributed by atoms with Crippen LogP contribution in [0.15, 0.2) is 101 Å². The summed E-state index contributed by atoms with van der Waals surface area (Å²) < 4.78 is 0. The van der Waals surface area contributed by atoms with Crippen molar-refractivity contribution >= 4 is 29.4 Å². The zero-order valence-corrected chi connectivity index (χ0v) is 19.3. The number of nitrogens with zero attached hydrogens (tertiary/aromatic N) is 1. The Morgan fingerprint density at radius 1 is 0.939 bits per heavy atom. The maximum absolute atomic E-state index is 12.9. The van der Waals surface area contributed by atoms with Crippen LogP contribution >= 0.6 is 11.8 Å². The number of aliphatic carboxylic acids is 1. The second-order valence-corrected chi connectivity index (χ2v) is 8.68. The third-order valence-corrected chi connectivity index (χ3v) is 5.97. The number of carboxylic acid groups (broad SMARTS) is 1. The smallest absolute Gasteiger partial charge is 0.322 e. The largest absolute Gasteiger partial charge is 0.481 e. The molecular formula is C27H28N2O3S. The van der Waals surface area contributed by atoms with Crippen molar-refractivity contribution in [3.8, 4) is 0 Å². The first-order valence-electron chi connectivity index (χ1n) is 10.8. The van der Waals surface area contributed by atoms with Gasteiger partial charge >= 0.3 is 12.0 Å². The van der Waals surface area contributed by atoms with Gasteiger partial charge in [0.25, 0.3) is 0 Å². The van der Waals surface area contributed by atoms with Gasteiger partial charge in [-0.05, 0) is 54.3 Å². The molecule has 0 fully saturated rings. The molecule has 170 valence electrons. The Balaban J connectivity index is 1.71. The fourth-order valence-corrected chi connectivity index (χ4v) is 4.26. The summed E-state index contributed by atoms with van der Waals surface area (Å²) in [5, 5.41) is 11.8. The van der Waals surface area contributed by atoms with Crippen molar-refractivity contribution in [2.24, 2.45) is 0 Å². The van der Waals surface area contributed by atoms with Gasteiger partial charge in [0, 0.05) is 28.6 Å². The zero-order chi connectivity index (χ0) is 23.5. The Morgan fingerprint density at radius 3 is 2.39 bits per heavy atom. The number of hydrogen-bond acceptors (Lipinski definition) is 3. The lowest BCUT2D eigenvalue weighted by Crippen LogP contribution is -2.40. The van der Waals surface area contributed by atoms with Crippen LogP contribution in [0.4, 0.5) is 10.5 Å². The molecule has 0 saturated heterocycles. The molecule has 0 aliphatic heterocycles. The number of anilines is 1. The van der Waals surface area contributed by atoms with Crippen LogP contribution in [0.2, 0.25) is 0 Å². The lowest BCUT2D eigenvalue weighted by atomic mass is 10.1. The summed E-state index contributed by atoms with van der Waals surface area (Å²) in [6.07, 6.45) is 3.41. The molecule has 0 atom stereocenters. The van der Waals surface area contributed by atoms with Crippen LogP contribution in [0.5, 0.6) is 0 Å². The van der Waals surface area contributed by atoms with Gasteiger partial charge in [0.05, 0.1) is 6.42 Å². The average molecular weight is 461 g/mol. The lowest BCUT2D eigenvalue weighted by Gasteiger charge is -2.23. The summed E-state index contributed by atoms with van der Waals surface area (Å²) in [6, 6.07) is 25.5. The highest BCUT2D eigenvalue weighted by atomic mass is 32.2. The van der Waals surface area contributed by atoms with Crippen LogP contribution in [0, 0.1) is 0 Å². The average Bonchev–Trinajstić information content (AvgIpc) is 2.82. The van der Waals surface area contributed by atoms with E-state index in [2.05, 4.69) is 24.0 Å². The van der Waals surface area contributed by atoms with E-state index >= 15 is 0 Å². The molecule has 2 amide bonds. The molecule has 0 aliphatic carbocycles. The van der Waals surface area contributed by atoms with Crippen molar-refractivity contribution < 1.29 is 14.7 Å². The molecule has 0 heterocycles. The zero-order valence-electron chi connectivity index (χ0n) is 18.4. The Kier molecular flexibility index (Phi) is 9.15. The molecule has 2 N–H and O–H groups in total. The minimum atomic E-state index is -0.842. The molecule has 0 aromatic heterocycles. The number of urea groups is 1. The first-order chi connectivity index (χ1) is 16.0. The summed E-state index contributed by atoms with van der Waals surface area (Å²) >= 11 is 1.58. The van der Waals surface area contributed by atoms with E-state index < -0.39 is 5.97 Å². The van der Waals surface area contributed by atoms with Gasteiger partial charge in [0.15, 0.2) is 0 Å². The van der Waals surface area contributed by atoms with E-state index in [4.69, 9.17) is 5.11 Å². The van der Waals surface area contributed by atoms with E-state index in [9.17, 15) is 9.59 Å². The SMILES string of the molecule is C=CCNC(=O)N(CCCc1ccccc1)c1cccc(Sc2ccc(CC(=O)O)cc2)c1. The maximum Gasteiger partial charge on any atom is 0.322 e. The highest BCUT2D eigenvalue weighted by Crippen LogP contribution is 2.31. The number of aryl methyl sites for hydroxylation is 1. The highest BCUT2D eigenvalue weighted by molar-refractivity contribution is 7.99. The summed E-state index contributed by atoms with van der Waals surface area (Å²) in [7, 11) is 0. The molecule has 0 saturated carbocycles. The topological polar surface area (TPSA) is 69.6 Å². The number of benzene rings is 3. The monoisotopic (exact) mass is 460 g/mol. The van der Waals surface area contributed by atoms with E-state index in [1.54, 1.807) is 22.7 Å². The van der Waals surface area contributed by atoms with Crippen LogP contribution in [-0.4, -0.2) is 30.2 Å². The number of amides is 2. The molecule has 3 aromatic rings. The van der Waals surface area contributed by atoms with Gasteiger partial charge < -0.3 is 10.4 Å². The number of hydrogen-bond donors (Lipinski definition) is 2. The molecule has 0 bridgehead atoms. The summed E-state index contributed by atoms with van der Waals surface area (Å²) in [5.41, 5.74) is 2.85. The predicted molar refractivity (Wildman–Crippen MR) is 134 cm³/mol. The van der Waals surface area contributed by atoms with E-state index in [0.29, 0.717) is 13.1 Å². The molecule has 0 aliphatic rings. The van der Waals surface area contributed by atoms with Gasteiger partial charge in [0.1, 0.15) is 0 Å². The van der Waals surface area contributed by atoms with Gasteiger partial charge in [-0.3, -0.25) is 9.69 Å². The van der Waals surface area contributed by atoms with Gasteiger partial charge in [-0.1, -0.05) is 66.4 Å². The van der Waals surface area contributed by atoms with Gasteiger partial charge in [0.2, 0.25) is 0 Å². The number of carbonyl (C=O) groups is 2. The molecule has 3 aromatic carbocycles. The quantitative estimate of drug-likeness (QED) is 0.355. The molecule has 6 heteroatoms. The first kappa shape index (κ1) is 24.1. The minimum absolute atomic E-state index is 0.0121. The third kappa shape index (κ3) is 7.84. The second kappa shape index (κ2) is 12.5. The van der Waals surface area contributed by atoms with E-state index in [-0.39, 0.29) is 12.5 Å². The maximum atomic E-state index is 12.9. The molecule has 3 rings (SSSR count). The fourth-order valence-electron chi connectivity index (χ4n) is 3.39. The molecule has 0 unspecified atom stereocenters. The Morgan fingerprint density at radius 2 is 1.70 bits per heavy atom. The minimum Gasteiger partial charge on any atom is -0.481 e. The van der Waals surface area contributed by atoms with Crippen molar-refractivity contribution in [3.05, 3.63) is 103 Å². The van der Waals surface area contributed by atoms with Crippen molar-refractivity contribution in [1.82, 2.24) is 5.32 Å². The number of carboxylic acids is 1. The fraction of sp³-hybridized carbons (Fsp3) is 0.185. The molecule has 0 spiro atoms. The van der Waals surface area contributed by atoms with Crippen molar-refractivity contribution in [2.75, 3.05) is 18.0 Å². The lowest BCUT2D eigenvalue weighted by molar-refractivity contribution is -0.136. The van der Waals surface area contributed by atoms with Crippen molar-refractivity contribution in [3.63, 3.8) is 0 Å². The first-order valence-corrected chi connectivity index (χ1v) is 11.7. The summed E-state index contributed by atoms with van der Waals surface area (Å²) in [4.78, 5) is 27.5. The van der Waals surface area contributed by atoms with Crippen molar-refractivity contribution in [2.45, 2.75) is 29.1 Å². The van der Waals surface area contributed by atoms with Gasteiger partial charge in [-0.15, -0.1) is 6.58 Å². The standard InChI is InChI=1S/C27H28N2O3S/c1-2-17-28-27(32)29(18-7-10-21-8-4-3-5-9-21)23-11-6-12-25(20-23)33-24-15-13-22(14-16-24)19-26(30)31/h2-6,8-9,11-16,20H,1,7,10,17-19H2,(H,28,32)(H,30,31). The van der Waals surface area contributed by atoms with Gasteiger partial charge in [-0.25, -0.2) is 4.79 Å². The Labute approximate surface area is 199 Å². The highest BCUT2D eigenvalue weighted by Gasteiger charge is 2.15. The molecule has 33 heavy (non-hydrogen) atoms. The van der Waals surface area contributed by atoms with Crippen LogP contribution in [0.3, 0.4) is 0 Å². The molecule has 0 radical (unpaired) electrons. The van der Waals surface area contributed by atoms with Crippen LogP contribution in [-0.2, 0) is 17.6 Å². The summed E-state index contributed by atoms with van der Waals surface area (Å²) in [6.45, 7) is 4.68. The number of rotatable bonds is 11. The van der Waals surface area contributed by atoms with E-state index in [1.165, 1.54) is 5.56 Å². The molecule has 5 nitrogen and oxygen atoms in total. The third-order valence-electron chi connectivity index (χ3n) is 4.98. The van der Waals surface area contributed by atoms with E-state index in [0.717, 1.165) is 33.9 Å².